The standard InChI is InChI=1S/C17H27FN4O2/c1-3-23-9-6-20-17(19-2)21-13-14-4-5-16(15(18)12-14)22-7-10-24-11-8-22/h4-5,12H,3,6-11,13H2,1-2H3,(H2,19,20,21). The second kappa shape index (κ2) is 10.1. The van der Waals surface area contributed by atoms with Gasteiger partial charge in [0.15, 0.2) is 5.96 Å². The Hall–Kier alpha value is -1.86. The molecule has 0 aromatic heterocycles. The summed E-state index contributed by atoms with van der Waals surface area (Å²) in [5, 5.41) is 6.32. The Morgan fingerprint density at radius 1 is 1.33 bits per heavy atom. The molecule has 0 saturated carbocycles. The summed E-state index contributed by atoms with van der Waals surface area (Å²) in [7, 11) is 1.71. The molecule has 2 N–H and O–H groups in total. The van der Waals surface area contributed by atoms with Gasteiger partial charge in [0.1, 0.15) is 5.82 Å². The minimum absolute atomic E-state index is 0.199. The number of ether oxygens (including phenoxy) is 2. The third-order valence-electron chi connectivity index (χ3n) is 3.79. The molecule has 0 amide bonds. The van der Waals surface area contributed by atoms with Crippen molar-refractivity contribution < 1.29 is 13.9 Å². The maximum absolute atomic E-state index is 14.4. The molecule has 24 heavy (non-hydrogen) atoms. The molecule has 1 aromatic carbocycles. The zero-order chi connectivity index (χ0) is 17.2. The van der Waals surface area contributed by atoms with E-state index in [0.717, 1.165) is 18.7 Å². The van der Waals surface area contributed by atoms with Gasteiger partial charge in [0.25, 0.3) is 0 Å². The van der Waals surface area contributed by atoms with E-state index in [-0.39, 0.29) is 5.82 Å². The third kappa shape index (κ3) is 5.65. The molecule has 134 valence electrons. The van der Waals surface area contributed by atoms with Crippen LogP contribution in [0.2, 0.25) is 0 Å². The monoisotopic (exact) mass is 338 g/mol. The van der Waals surface area contributed by atoms with Gasteiger partial charge < -0.3 is 25.0 Å². The highest BCUT2D eigenvalue weighted by atomic mass is 19.1. The van der Waals surface area contributed by atoms with Gasteiger partial charge in [0, 0.05) is 39.8 Å². The van der Waals surface area contributed by atoms with Crippen molar-refractivity contribution in [3.05, 3.63) is 29.6 Å². The van der Waals surface area contributed by atoms with Gasteiger partial charge in [-0.3, -0.25) is 4.99 Å². The summed E-state index contributed by atoms with van der Waals surface area (Å²) in [6.45, 7) is 7.21. The number of benzene rings is 1. The van der Waals surface area contributed by atoms with E-state index in [0.29, 0.717) is 51.2 Å². The Labute approximate surface area is 143 Å². The van der Waals surface area contributed by atoms with Crippen molar-refractivity contribution in [3.63, 3.8) is 0 Å². The smallest absolute Gasteiger partial charge is 0.191 e. The van der Waals surface area contributed by atoms with Gasteiger partial charge in [0.05, 0.1) is 25.5 Å². The average molecular weight is 338 g/mol. The number of aliphatic imine (C=N–C) groups is 1. The van der Waals surface area contributed by atoms with Crippen LogP contribution in [0.25, 0.3) is 0 Å². The lowest BCUT2D eigenvalue weighted by atomic mass is 10.1. The zero-order valence-electron chi connectivity index (χ0n) is 14.5. The summed E-state index contributed by atoms with van der Waals surface area (Å²) in [5.74, 6) is 0.475. The fraction of sp³-hybridized carbons (Fsp3) is 0.588. The van der Waals surface area contributed by atoms with Crippen molar-refractivity contribution in [2.75, 3.05) is 58.0 Å². The number of halogens is 1. The number of morpholine rings is 1. The van der Waals surface area contributed by atoms with Crippen molar-refractivity contribution in [2.45, 2.75) is 13.5 Å². The van der Waals surface area contributed by atoms with Gasteiger partial charge in [-0.05, 0) is 24.6 Å². The van der Waals surface area contributed by atoms with Crippen LogP contribution in [0.5, 0.6) is 0 Å². The second-order valence-corrected chi connectivity index (χ2v) is 5.43. The lowest BCUT2D eigenvalue weighted by Gasteiger charge is -2.29. The largest absolute Gasteiger partial charge is 0.380 e. The van der Waals surface area contributed by atoms with E-state index in [1.807, 2.05) is 24.0 Å². The number of anilines is 1. The maximum atomic E-state index is 14.4. The Bertz CT molecular complexity index is 533. The number of rotatable bonds is 7. The maximum Gasteiger partial charge on any atom is 0.191 e. The van der Waals surface area contributed by atoms with E-state index in [1.54, 1.807) is 13.1 Å². The topological polar surface area (TPSA) is 58.1 Å². The highest BCUT2D eigenvalue weighted by Crippen LogP contribution is 2.21. The summed E-state index contributed by atoms with van der Waals surface area (Å²) in [4.78, 5) is 6.16. The zero-order valence-corrected chi connectivity index (χ0v) is 14.5. The lowest BCUT2D eigenvalue weighted by molar-refractivity contribution is 0.122. The van der Waals surface area contributed by atoms with Gasteiger partial charge in [0.2, 0.25) is 0 Å². The first-order chi connectivity index (χ1) is 11.7. The molecule has 0 bridgehead atoms. The van der Waals surface area contributed by atoms with Gasteiger partial charge >= 0.3 is 0 Å². The summed E-state index contributed by atoms with van der Waals surface area (Å²) in [6, 6.07) is 5.35. The molecule has 1 fully saturated rings. The average Bonchev–Trinajstić information content (AvgIpc) is 2.62. The molecule has 0 atom stereocenters. The van der Waals surface area contributed by atoms with Crippen LogP contribution >= 0.6 is 0 Å². The Balaban J connectivity index is 1.85. The van der Waals surface area contributed by atoms with Crippen LogP contribution < -0.4 is 15.5 Å². The van der Waals surface area contributed by atoms with E-state index in [1.165, 1.54) is 0 Å². The van der Waals surface area contributed by atoms with E-state index < -0.39 is 0 Å². The number of nitrogens with one attached hydrogen (secondary N) is 2. The SMILES string of the molecule is CCOCCNC(=NC)NCc1ccc(N2CCOCC2)c(F)c1. The molecule has 0 unspecified atom stereocenters. The number of guanidine groups is 1. The fourth-order valence-electron chi connectivity index (χ4n) is 2.51. The van der Waals surface area contributed by atoms with Gasteiger partial charge in [-0.15, -0.1) is 0 Å². The molecule has 7 heteroatoms. The lowest BCUT2D eigenvalue weighted by Crippen LogP contribution is -2.38. The van der Waals surface area contributed by atoms with Crippen molar-refractivity contribution in [1.82, 2.24) is 10.6 Å². The highest BCUT2D eigenvalue weighted by molar-refractivity contribution is 5.79. The summed E-state index contributed by atoms with van der Waals surface area (Å²) in [6.07, 6.45) is 0. The summed E-state index contributed by atoms with van der Waals surface area (Å²) < 4.78 is 24.9. The molecule has 1 heterocycles. The quantitative estimate of drug-likeness (QED) is 0.447. The Kier molecular flexibility index (Phi) is 7.77. The molecule has 0 spiro atoms. The normalized spacial score (nSPS) is 15.5. The second-order valence-electron chi connectivity index (χ2n) is 5.43. The van der Waals surface area contributed by atoms with E-state index in [4.69, 9.17) is 9.47 Å². The van der Waals surface area contributed by atoms with Gasteiger partial charge in [-0.1, -0.05) is 6.07 Å². The van der Waals surface area contributed by atoms with Crippen LogP contribution in [0.3, 0.4) is 0 Å². The van der Waals surface area contributed by atoms with E-state index in [2.05, 4.69) is 15.6 Å². The van der Waals surface area contributed by atoms with Gasteiger partial charge in [-0.2, -0.15) is 0 Å². The number of hydrogen-bond donors (Lipinski definition) is 2. The molecule has 2 rings (SSSR count). The molecular formula is C17H27FN4O2. The van der Waals surface area contributed by atoms with E-state index >= 15 is 0 Å². The molecule has 1 saturated heterocycles. The highest BCUT2D eigenvalue weighted by Gasteiger charge is 2.15. The minimum atomic E-state index is -0.199. The predicted octanol–water partition coefficient (Wildman–Crippen LogP) is 1.36. The molecule has 1 aromatic rings. The molecule has 1 aliphatic heterocycles. The molecular weight excluding hydrogens is 311 g/mol. The van der Waals surface area contributed by atoms with Crippen molar-refractivity contribution in [2.24, 2.45) is 4.99 Å². The molecule has 6 nitrogen and oxygen atoms in total. The van der Waals surface area contributed by atoms with Crippen LogP contribution in [0.15, 0.2) is 23.2 Å². The van der Waals surface area contributed by atoms with Crippen molar-refractivity contribution >= 4 is 11.6 Å². The fourth-order valence-corrected chi connectivity index (χ4v) is 2.51. The summed E-state index contributed by atoms with van der Waals surface area (Å²) in [5.41, 5.74) is 1.51. The van der Waals surface area contributed by atoms with Crippen molar-refractivity contribution in [1.29, 1.82) is 0 Å². The number of hydrogen-bond acceptors (Lipinski definition) is 4. The Morgan fingerprint density at radius 2 is 2.12 bits per heavy atom. The van der Waals surface area contributed by atoms with Crippen LogP contribution in [0.4, 0.5) is 10.1 Å². The molecule has 0 aliphatic carbocycles. The minimum Gasteiger partial charge on any atom is -0.380 e. The van der Waals surface area contributed by atoms with Crippen LogP contribution in [-0.4, -0.2) is 59.1 Å². The Morgan fingerprint density at radius 3 is 2.79 bits per heavy atom. The van der Waals surface area contributed by atoms with Gasteiger partial charge in [-0.25, -0.2) is 4.39 Å². The van der Waals surface area contributed by atoms with Crippen LogP contribution in [-0.2, 0) is 16.0 Å². The first-order valence-corrected chi connectivity index (χ1v) is 8.38. The third-order valence-corrected chi connectivity index (χ3v) is 3.79. The van der Waals surface area contributed by atoms with Crippen LogP contribution in [0.1, 0.15) is 12.5 Å². The van der Waals surface area contributed by atoms with E-state index in [9.17, 15) is 4.39 Å². The number of nitrogens with zero attached hydrogens (tertiary/aromatic N) is 2. The molecule has 1 aliphatic rings. The molecule has 0 radical (unpaired) electrons. The predicted molar refractivity (Wildman–Crippen MR) is 94.1 cm³/mol. The van der Waals surface area contributed by atoms with Crippen LogP contribution in [0, 0.1) is 5.82 Å². The summed E-state index contributed by atoms with van der Waals surface area (Å²) >= 11 is 0. The van der Waals surface area contributed by atoms with Crippen molar-refractivity contribution in [3.8, 4) is 0 Å². The first-order valence-electron chi connectivity index (χ1n) is 8.38. The first kappa shape index (κ1) is 18.5.